The molecule has 1 aliphatic rings. The monoisotopic (exact) mass is 394 g/mol. The Morgan fingerprint density at radius 1 is 1.21 bits per heavy atom. The highest BCUT2D eigenvalue weighted by atomic mass is 32.1. The van der Waals surface area contributed by atoms with Gasteiger partial charge in [-0.25, -0.2) is 9.99 Å². The van der Waals surface area contributed by atoms with Gasteiger partial charge in [-0.15, -0.1) is 11.3 Å². The van der Waals surface area contributed by atoms with Crippen LogP contribution in [0.5, 0.6) is 0 Å². The minimum atomic E-state index is -0.392. The molecule has 0 bridgehead atoms. The van der Waals surface area contributed by atoms with Crippen LogP contribution in [0.4, 0.5) is 0 Å². The third-order valence-corrected chi connectivity index (χ3v) is 5.42. The van der Waals surface area contributed by atoms with Crippen LogP contribution in [0.25, 0.3) is 10.2 Å². The fourth-order valence-electron chi connectivity index (χ4n) is 3.26. The van der Waals surface area contributed by atoms with E-state index in [1.54, 1.807) is 48.2 Å². The van der Waals surface area contributed by atoms with Gasteiger partial charge in [0.25, 0.3) is 11.5 Å². The zero-order valence-corrected chi connectivity index (χ0v) is 15.3. The molecule has 0 spiro atoms. The molecule has 5 rings (SSSR count). The van der Waals surface area contributed by atoms with Crippen molar-refractivity contribution in [3.05, 3.63) is 76.4 Å². The van der Waals surface area contributed by atoms with Crippen LogP contribution in [0.3, 0.4) is 0 Å². The molecule has 0 fully saturated rings. The quantitative estimate of drug-likeness (QED) is 0.530. The van der Waals surface area contributed by atoms with E-state index >= 15 is 0 Å². The molecule has 0 aromatic carbocycles. The molecule has 28 heavy (non-hydrogen) atoms. The van der Waals surface area contributed by atoms with Gasteiger partial charge in [-0.3, -0.25) is 14.2 Å². The molecular formula is C19H14N4O4S. The van der Waals surface area contributed by atoms with Gasteiger partial charge in [-0.05, 0) is 35.7 Å². The number of furan rings is 2. The maximum Gasteiger partial charge on any atom is 0.263 e. The Morgan fingerprint density at radius 2 is 2.07 bits per heavy atom. The van der Waals surface area contributed by atoms with Gasteiger partial charge in [-0.2, -0.15) is 5.10 Å². The number of thiophene rings is 1. The van der Waals surface area contributed by atoms with Gasteiger partial charge in [0.05, 0.1) is 24.2 Å². The molecule has 8 nitrogen and oxygen atoms in total. The number of rotatable bonds is 4. The predicted molar refractivity (Wildman–Crippen MR) is 102 cm³/mol. The van der Waals surface area contributed by atoms with Crippen molar-refractivity contribution < 1.29 is 13.6 Å². The summed E-state index contributed by atoms with van der Waals surface area (Å²) in [7, 11) is 0. The normalized spacial score (nSPS) is 16.6. The van der Waals surface area contributed by atoms with Crippen molar-refractivity contribution >= 4 is 33.2 Å². The lowest BCUT2D eigenvalue weighted by Crippen LogP contribution is -2.33. The van der Waals surface area contributed by atoms with Gasteiger partial charge in [-0.1, -0.05) is 0 Å². The molecular weight excluding hydrogens is 380 g/mol. The minimum absolute atomic E-state index is 0.163. The molecule has 4 aromatic heterocycles. The van der Waals surface area contributed by atoms with E-state index in [1.165, 1.54) is 27.2 Å². The van der Waals surface area contributed by atoms with E-state index in [0.717, 1.165) is 0 Å². The number of fused-ring (bicyclic) bond motifs is 1. The van der Waals surface area contributed by atoms with E-state index in [-0.39, 0.29) is 18.0 Å². The number of amides is 1. The number of hydrogen-bond donors (Lipinski definition) is 0. The summed E-state index contributed by atoms with van der Waals surface area (Å²) in [5.41, 5.74) is 0.405. The molecule has 9 heteroatoms. The maximum absolute atomic E-state index is 13.0. The highest BCUT2D eigenvalue weighted by Gasteiger charge is 2.35. The fraction of sp³-hybridized carbons (Fsp3) is 0.158. The number of carbonyl (C=O) groups is 1. The Bertz CT molecular complexity index is 1220. The van der Waals surface area contributed by atoms with Crippen LogP contribution >= 0.6 is 11.3 Å². The van der Waals surface area contributed by atoms with Crippen molar-refractivity contribution in [3.8, 4) is 0 Å². The van der Waals surface area contributed by atoms with Crippen LogP contribution in [-0.4, -0.2) is 26.2 Å². The summed E-state index contributed by atoms with van der Waals surface area (Å²) in [5, 5.41) is 8.13. The highest BCUT2D eigenvalue weighted by molar-refractivity contribution is 7.16. The first-order valence-electron chi connectivity index (χ1n) is 8.60. The number of hydrogen-bond acceptors (Lipinski definition) is 7. The maximum atomic E-state index is 13.0. The SMILES string of the molecule is O=C(Cn1cnc2sccc2c1=O)N1N=C(c2ccco2)C[C@H]1c1ccco1. The summed E-state index contributed by atoms with van der Waals surface area (Å²) in [4.78, 5) is 30.5. The second-order valence-corrected chi connectivity index (χ2v) is 7.21. The standard InChI is InChI=1S/C19H14N4O4S/c24-17(10-22-11-20-18-12(19(22)25)5-8-28-18)23-14(16-4-2-7-27-16)9-13(21-23)15-3-1-6-26-15/h1-8,11,14H,9-10H2/t14-/m0/s1. The number of carbonyl (C=O) groups excluding carboxylic acids is 1. The molecule has 140 valence electrons. The third-order valence-electron chi connectivity index (χ3n) is 4.60. The molecule has 0 unspecified atom stereocenters. The Morgan fingerprint density at radius 3 is 2.86 bits per heavy atom. The van der Waals surface area contributed by atoms with Crippen LogP contribution in [0.1, 0.15) is 24.0 Å². The van der Waals surface area contributed by atoms with Crippen molar-refractivity contribution in [2.75, 3.05) is 0 Å². The molecule has 1 aliphatic heterocycles. The topological polar surface area (TPSA) is 93.8 Å². The van der Waals surface area contributed by atoms with E-state index in [1.807, 2.05) is 0 Å². The number of aromatic nitrogens is 2. The molecule has 5 heterocycles. The van der Waals surface area contributed by atoms with Crippen molar-refractivity contribution in [1.29, 1.82) is 0 Å². The second kappa shape index (κ2) is 6.61. The lowest BCUT2D eigenvalue weighted by atomic mass is 10.1. The first kappa shape index (κ1) is 16.7. The van der Waals surface area contributed by atoms with E-state index in [2.05, 4.69) is 10.1 Å². The van der Waals surface area contributed by atoms with Gasteiger partial charge in [0.15, 0.2) is 0 Å². The smallest absolute Gasteiger partial charge is 0.263 e. The summed E-state index contributed by atoms with van der Waals surface area (Å²) in [6.45, 7) is -0.163. The van der Waals surface area contributed by atoms with Crippen molar-refractivity contribution in [2.45, 2.75) is 19.0 Å². The number of hydrazone groups is 1. The van der Waals surface area contributed by atoms with Crippen molar-refractivity contribution in [3.63, 3.8) is 0 Å². The average molecular weight is 394 g/mol. The Labute approximate surface area is 162 Å². The first-order valence-corrected chi connectivity index (χ1v) is 9.48. The van der Waals surface area contributed by atoms with Gasteiger partial charge >= 0.3 is 0 Å². The van der Waals surface area contributed by atoms with Crippen LogP contribution < -0.4 is 5.56 Å². The lowest BCUT2D eigenvalue weighted by Gasteiger charge is -2.20. The van der Waals surface area contributed by atoms with Crippen LogP contribution in [-0.2, 0) is 11.3 Å². The van der Waals surface area contributed by atoms with E-state index in [9.17, 15) is 9.59 Å². The molecule has 0 saturated heterocycles. The fourth-order valence-corrected chi connectivity index (χ4v) is 3.98. The summed E-state index contributed by atoms with van der Waals surface area (Å²) in [6, 6.07) is 8.45. The minimum Gasteiger partial charge on any atom is -0.467 e. The first-order chi connectivity index (χ1) is 13.7. The zero-order valence-electron chi connectivity index (χ0n) is 14.5. The van der Waals surface area contributed by atoms with Gasteiger partial charge in [0.1, 0.15) is 34.6 Å². The predicted octanol–water partition coefficient (Wildman–Crippen LogP) is 3.02. The molecule has 0 aliphatic carbocycles. The molecule has 0 N–H and O–H groups in total. The van der Waals surface area contributed by atoms with E-state index in [0.29, 0.717) is 33.9 Å². The van der Waals surface area contributed by atoms with E-state index in [4.69, 9.17) is 8.83 Å². The summed E-state index contributed by atoms with van der Waals surface area (Å²) in [6.07, 6.45) is 4.98. The van der Waals surface area contributed by atoms with Gasteiger partial charge < -0.3 is 8.83 Å². The summed E-state index contributed by atoms with van der Waals surface area (Å²) < 4.78 is 12.2. The van der Waals surface area contributed by atoms with Crippen LogP contribution in [0.15, 0.2) is 73.3 Å². The molecule has 0 saturated carbocycles. The van der Waals surface area contributed by atoms with Gasteiger partial charge in [0.2, 0.25) is 0 Å². The van der Waals surface area contributed by atoms with Crippen LogP contribution in [0, 0.1) is 0 Å². The number of nitrogens with zero attached hydrogens (tertiary/aromatic N) is 4. The summed E-state index contributed by atoms with van der Waals surface area (Å²) in [5.74, 6) is 0.893. The lowest BCUT2D eigenvalue weighted by molar-refractivity contribution is -0.134. The van der Waals surface area contributed by atoms with Crippen LogP contribution in [0.2, 0.25) is 0 Å². The molecule has 0 radical (unpaired) electrons. The molecule has 1 amide bonds. The average Bonchev–Trinajstić information content (AvgIpc) is 3.48. The van der Waals surface area contributed by atoms with Crippen molar-refractivity contribution in [1.82, 2.24) is 14.6 Å². The second-order valence-electron chi connectivity index (χ2n) is 6.31. The Balaban J connectivity index is 1.48. The summed E-state index contributed by atoms with van der Waals surface area (Å²) >= 11 is 1.39. The molecule has 4 aromatic rings. The third kappa shape index (κ3) is 2.76. The Kier molecular flexibility index (Phi) is 3.94. The Hall–Kier alpha value is -3.46. The largest absolute Gasteiger partial charge is 0.467 e. The van der Waals surface area contributed by atoms with E-state index < -0.39 is 6.04 Å². The highest BCUT2D eigenvalue weighted by Crippen LogP contribution is 2.33. The zero-order chi connectivity index (χ0) is 19.1. The van der Waals surface area contributed by atoms with Gasteiger partial charge in [0, 0.05) is 6.42 Å². The van der Waals surface area contributed by atoms with Crippen molar-refractivity contribution in [2.24, 2.45) is 5.10 Å². The molecule has 1 atom stereocenters.